The van der Waals surface area contributed by atoms with Crippen LogP contribution in [0.3, 0.4) is 0 Å². The maximum Gasteiger partial charge on any atom is 0.276 e. The van der Waals surface area contributed by atoms with Crippen molar-refractivity contribution in [1.29, 1.82) is 0 Å². The molecule has 0 aliphatic rings. The van der Waals surface area contributed by atoms with Crippen LogP contribution in [0.5, 0.6) is 0 Å². The average Bonchev–Trinajstić information content (AvgIpc) is 2.43. The van der Waals surface area contributed by atoms with Crippen LogP contribution in [-0.2, 0) is 6.54 Å². The molecule has 1 aromatic heterocycles. The normalized spacial score (nSPS) is 10.8. The number of nitrogens with zero attached hydrogens (tertiary/aromatic N) is 2. The van der Waals surface area contributed by atoms with Crippen LogP contribution in [0, 0.1) is 17.6 Å². The van der Waals surface area contributed by atoms with Gasteiger partial charge in [-0.1, -0.05) is 13.8 Å². The number of nitrogens with one attached hydrogen (secondary N) is 1. The first-order valence-electron chi connectivity index (χ1n) is 6.71. The van der Waals surface area contributed by atoms with E-state index in [1.165, 1.54) is 16.8 Å². The Labute approximate surface area is 125 Å². The van der Waals surface area contributed by atoms with Crippen LogP contribution in [0.1, 0.15) is 24.3 Å². The summed E-state index contributed by atoms with van der Waals surface area (Å²) in [5, 5.41) is 6.25. The van der Waals surface area contributed by atoms with Crippen LogP contribution in [0.15, 0.2) is 35.1 Å². The lowest BCUT2D eigenvalue weighted by atomic mass is 10.2. The van der Waals surface area contributed by atoms with Gasteiger partial charge in [-0.15, -0.1) is 0 Å². The number of carbonyl (C=O) groups is 1. The number of rotatable bonds is 4. The lowest BCUT2D eigenvalue weighted by Crippen LogP contribution is -2.27. The van der Waals surface area contributed by atoms with Crippen LogP contribution < -0.4 is 10.9 Å². The molecule has 7 heteroatoms. The molecule has 2 rings (SSSR count). The number of aromatic nitrogens is 2. The Morgan fingerprint density at radius 3 is 2.64 bits per heavy atom. The summed E-state index contributed by atoms with van der Waals surface area (Å²) in [4.78, 5) is 23.7. The molecule has 5 nitrogen and oxygen atoms in total. The van der Waals surface area contributed by atoms with E-state index in [1.807, 2.05) is 13.8 Å². The molecule has 0 atom stereocenters. The minimum Gasteiger partial charge on any atom is -0.318 e. The second kappa shape index (κ2) is 6.46. The van der Waals surface area contributed by atoms with E-state index >= 15 is 0 Å². The Hall–Kier alpha value is -2.57. The SMILES string of the molecule is CC(C)Cn1nc(C(=O)Nc2ccc(F)cc2F)ccc1=O. The van der Waals surface area contributed by atoms with Crippen LogP contribution in [-0.4, -0.2) is 15.7 Å². The van der Waals surface area contributed by atoms with Gasteiger partial charge in [0.1, 0.15) is 17.3 Å². The first-order valence-corrected chi connectivity index (χ1v) is 6.71. The molecule has 0 bridgehead atoms. The number of halogens is 2. The Morgan fingerprint density at radius 2 is 2.00 bits per heavy atom. The third kappa shape index (κ3) is 3.75. The number of carbonyl (C=O) groups excluding carboxylic acids is 1. The van der Waals surface area contributed by atoms with Crippen LogP contribution in [0.2, 0.25) is 0 Å². The van der Waals surface area contributed by atoms with Crippen LogP contribution >= 0.6 is 0 Å². The van der Waals surface area contributed by atoms with Crippen molar-refractivity contribution in [2.75, 3.05) is 5.32 Å². The molecule has 22 heavy (non-hydrogen) atoms. The lowest BCUT2D eigenvalue weighted by Gasteiger charge is -2.10. The highest BCUT2D eigenvalue weighted by Gasteiger charge is 2.13. The standard InChI is InChI=1S/C15H15F2N3O2/c1-9(2)8-20-14(21)6-5-13(19-20)15(22)18-12-4-3-10(16)7-11(12)17/h3-7,9H,8H2,1-2H3,(H,18,22). The second-order valence-corrected chi connectivity index (χ2v) is 5.21. The van der Waals surface area contributed by atoms with Gasteiger partial charge in [0.15, 0.2) is 0 Å². The van der Waals surface area contributed by atoms with Crippen molar-refractivity contribution in [3.8, 4) is 0 Å². The fourth-order valence-corrected chi connectivity index (χ4v) is 1.82. The fourth-order valence-electron chi connectivity index (χ4n) is 1.82. The maximum absolute atomic E-state index is 13.5. The van der Waals surface area contributed by atoms with E-state index in [9.17, 15) is 18.4 Å². The molecular formula is C15H15F2N3O2. The molecule has 0 radical (unpaired) electrons. The molecule has 0 aliphatic heterocycles. The van der Waals surface area contributed by atoms with E-state index < -0.39 is 17.5 Å². The van der Waals surface area contributed by atoms with Crippen molar-refractivity contribution < 1.29 is 13.6 Å². The van der Waals surface area contributed by atoms with Crippen molar-refractivity contribution in [3.05, 3.63) is 58.0 Å². The summed E-state index contributed by atoms with van der Waals surface area (Å²) in [7, 11) is 0. The van der Waals surface area contributed by atoms with Gasteiger partial charge in [0.25, 0.3) is 11.5 Å². The van der Waals surface area contributed by atoms with Gasteiger partial charge < -0.3 is 5.32 Å². The van der Waals surface area contributed by atoms with Gasteiger partial charge in [-0.25, -0.2) is 13.5 Å². The highest BCUT2D eigenvalue weighted by molar-refractivity contribution is 6.02. The summed E-state index contributed by atoms with van der Waals surface area (Å²) < 4.78 is 27.5. The Morgan fingerprint density at radius 1 is 1.27 bits per heavy atom. The summed E-state index contributed by atoms with van der Waals surface area (Å²) in [5.74, 6) is -2.12. The predicted molar refractivity (Wildman–Crippen MR) is 77.6 cm³/mol. The largest absolute Gasteiger partial charge is 0.318 e. The fraction of sp³-hybridized carbons (Fsp3) is 0.267. The van der Waals surface area contributed by atoms with Crippen molar-refractivity contribution in [1.82, 2.24) is 9.78 Å². The third-order valence-corrected chi connectivity index (χ3v) is 2.82. The average molecular weight is 307 g/mol. The maximum atomic E-state index is 13.5. The van der Waals surface area contributed by atoms with Gasteiger partial charge in [-0.3, -0.25) is 9.59 Å². The Kier molecular flexibility index (Phi) is 4.65. The molecule has 0 spiro atoms. The summed E-state index contributed by atoms with van der Waals surface area (Å²) in [6.45, 7) is 4.19. The van der Waals surface area contributed by atoms with Crippen molar-refractivity contribution >= 4 is 11.6 Å². The number of hydrogen-bond donors (Lipinski definition) is 1. The summed E-state index contributed by atoms with van der Waals surface area (Å²) in [5.41, 5.74) is -0.503. The molecule has 1 heterocycles. The molecule has 0 saturated heterocycles. The first kappa shape index (κ1) is 15.8. The quantitative estimate of drug-likeness (QED) is 0.943. The Bertz CT molecular complexity index is 757. The molecule has 1 N–H and O–H groups in total. The molecule has 0 saturated carbocycles. The van der Waals surface area contributed by atoms with E-state index in [1.54, 1.807) is 0 Å². The minimum absolute atomic E-state index is 0.0241. The number of hydrogen-bond acceptors (Lipinski definition) is 3. The smallest absolute Gasteiger partial charge is 0.276 e. The topological polar surface area (TPSA) is 64.0 Å². The highest BCUT2D eigenvalue weighted by atomic mass is 19.1. The highest BCUT2D eigenvalue weighted by Crippen LogP contribution is 2.15. The molecule has 2 aromatic rings. The minimum atomic E-state index is -0.885. The zero-order chi connectivity index (χ0) is 16.3. The van der Waals surface area contributed by atoms with Crippen molar-refractivity contribution in [3.63, 3.8) is 0 Å². The van der Waals surface area contributed by atoms with E-state index in [2.05, 4.69) is 10.4 Å². The lowest BCUT2D eigenvalue weighted by molar-refractivity contribution is 0.101. The summed E-state index contributed by atoms with van der Waals surface area (Å²) in [6.07, 6.45) is 0. The second-order valence-electron chi connectivity index (χ2n) is 5.21. The van der Waals surface area contributed by atoms with Gasteiger partial charge in [-0.05, 0) is 24.1 Å². The zero-order valence-electron chi connectivity index (χ0n) is 12.1. The van der Waals surface area contributed by atoms with Gasteiger partial charge in [0.2, 0.25) is 0 Å². The first-order chi connectivity index (χ1) is 10.4. The van der Waals surface area contributed by atoms with E-state index in [0.717, 1.165) is 12.1 Å². The monoisotopic (exact) mass is 307 g/mol. The third-order valence-electron chi connectivity index (χ3n) is 2.82. The van der Waals surface area contributed by atoms with Gasteiger partial charge >= 0.3 is 0 Å². The van der Waals surface area contributed by atoms with Crippen LogP contribution in [0.25, 0.3) is 0 Å². The van der Waals surface area contributed by atoms with Crippen molar-refractivity contribution in [2.24, 2.45) is 5.92 Å². The summed E-state index contributed by atoms with van der Waals surface area (Å²) >= 11 is 0. The zero-order valence-corrected chi connectivity index (χ0v) is 12.1. The molecule has 1 aromatic carbocycles. The number of anilines is 1. The van der Waals surface area contributed by atoms with E-state index in [0.29, 0.717) is 12.6 Å². The van der Waals surface area contributed by atoms with Gasteiger partial charge in [0.05, 0.1) is 5.69 Å². The van der Waals surface area contributed by atoms with E-state index in [-0.39, 0.29) is 22.9 Å². The number of benzene rings is 1. The molecule has 0 aliphatic carbocycles. The van der Waals surface area contributed by atoms with Gasteiger partial charge in [0, 0.05) is 18.7 Å². The van der Waals surface area contributed by atoms with E-state index in [4.69, 9.17) is 0 Å². The van der Waals surface area contributed by atoms with Gasteiger partial charge in [-0.2, -0.15) is 5.10 Å². The Balaban J connectivity index is 2.24. The van der Waals surface area contributed by atoms with Crippen molar-refractivity contribution in [2.45, 2.75) is 20.4 Å². The predicted octanol–water partition coefficient (Wildman–Crippen LogP) is 2.43. The molecular weight excluding hydrogens is 292 g/mol. The molecule has 116 valence electrons. The summed E-state index contributed by atoms with van der Waals surface area (Å²) in [6, 6.07) is 5.31. The number of amides is 1. The molecule has 0 fully saturated rings. The van der Waals surface area contributed by atoms with Crippen LogP contribution in [0.4, 0.5) is 14.5 Å². The molecule has 1 amide bonds. The molecule has 0 unspecified atom stereocenters.